The third-order valence-electron chi connectivity index (χ3n) is 4.31. The molecule has 6 nitrogen and oxygen atoms in total. The van der Waals surface area contributed by atoms with E-state index in [0.717, 1.165) is 5.56 Å². The van der Waals surface area contributed by atoms with E-state index in [1.807, 2.05) is 0 Å². The van der Waals surface area contributed by atoms with Crippen LogP contribution in [0.4, 0.5) is 4.39 Å². The Morgan fingerprint density at radius 3 is 2.61 bits per heavy atom. The summed E-state index contributed by atoms with van der Waals surface area (Å²) in [4.78, 5) is 12.2. The molecule has 1 N–H and O–H groups in total. The molecule has 3 rings (SSSR count). The lowest BCUT2D eigenvalue weighted by atomic mass is 10.1. The average molecular weight is 387 g/mol. The van der Waals surface area contributed by atoms with Crippen molar-refractivity contribution in [1.82, 2.24) is 5.32 Å². The standard InChI is InChI=1S/C21H22FNO5/c1-13(15-5-6-17(25-2)16(22)12-15)23-20(24)7-4-14-10-18(26-3)21-19(11-14)27-8-9-28-21/h4-7,10-13H,8-9H2,1-3H3,(H,23,24)/b7-4+/t13-/m0/s1. The second-order valence-electron chi connectivity index (χ2n) is 6.20. The Balaban J connectivity index is 1.69. The van der Waals surface area contributed by atoms with Crippen molar-refractivity contribution in [2.24, 2.45) is 0 Å². The van der Waals surface area contributed by atoms with Crippen LogP contribution in [0, 0.1) is 5.82 Å². The number of carbonyl (C=O) groups excluding carboxylic acids is 1. The van der Waals surface area contributed by atoms with Crippen molar-refractivity contribution in [2.75, 3.05) is 27.4 Å². The van der Waals surface area contributed by atoms with Crippen molar-refractivity contribution in [2.45, 2.75) is 13.0 Å². The molecule has 0 aliphatic carbocycles. The van der Waals surface area contributed by atoms with Gasteiger partial charge < -0.3 is 24.3 Å². The molecule has 0 saturated carbocycles. The number of nitrogens with one attached hydrogen (secondary N) is 1. The third kappa shape index (κ3) is 4.36. The Morgan fingerprint density at radius 1 is 1.14 bits per heavy atom. The fraction of sp³-hybridized carbons (Fsp3) is 0.286. The Hall–Kier alpha value is -3.22. The fourth-order valence-electron chi connectivity index (χ4n) is 2.86. The van der Waals surface area contributed by atoms with Crippen LogP contribution < -0.4 is 24.3 Å². The van der Waals surface area contributed by atoms with Gasteiger partial charge in [-0.2, -0.15) is 0 Å². The van der Waals surface area contributed by atoms with E-state index in [2.05, 4.69) is 5.32 Å². The van der Waals surface area contributed by atoms with Crippen molar-refractivity contribution in [3.8, 4) is 23.0 Å². The fourth-order valence-corrected chi connectivity index (χ4v) is 2.86. The molecule has 0 spiro atoms. The van der Waals surface area contributed by atoms with Crippen LogP contribution in [0.3, 0.4) is 0 Å². The summed E-state index contributed by atoms with van der Waals surface area (Å²) in [6.07, 6.45) is 3.05. The van der Waals surface area contributed by atoms with Gasteiger partial charge in [-0.05, 0) is 48.4 Å². The molecule has 1 heterocycles. The largest absolute Gasteiger partial charge is 0.494 e. The number of halogens is 1. The number of methoxy groups -OCH3 is 2. The highest BCUT2D eigenvalue weighted by atomic mass is 19.1. The Labute approximate surface area is 162 Å². The van der Waals surface area contributed by atoms with Crippen LogP contribution >= 0.6 is 0 Å². The molecular weight excluding hydrogens is 365 g/mol. The Bertz CT molecular complexity index is 879. The summed E-state index contributed by atoms with van der Waals surface area (Å²) >= 11 is 0. The lowest BCUT2D eigenvalue weighted by molar-refractivity contribution is -0.117. The summed E-state index contributed by atoms with van der Waals surface area (Å²) < 4.78 is 35.2. The van der Waals surface area contributed by atoms with Crippen molar-refractivity contribution in [1.29, 1.82) is 0 Å². The van der Waals surface area contributed by atoms with E-state index in [4.69, 9.17) is 18.9 Å². The number of hydrogen-bond donors (Lipinski definition) is 1. The first-order chi connectivity index (χ1) is 13.5. The number of rotatable bonds is 6. The van der Waals surface area contributed by atoms with Gasteiger partial charge in [0.05, 0.1) is 20.3 Å². The van der Waals surface area contributed by atoms with E-state index in [1.54, 1.807) is 38.3 Å². The van der Waals surface area contributed by atoms with E-state index < -0.39 is 5.82 Å². The van der Waals surface area contributed by atoms with Crippen molar-refractivity contribution in [3.63, 3.8) is 0 Å². The van der Waals surface area contributed by atoms with Gasteiger partial charge >= 0.3 is 0 Å². The van der Waals surface area contributed by atoms with Gasteiger partial charge in [0.1, 0.15) is 13.2 Å². The minimum atomic E-state index is -0.472. The molecular formula is C21H22FNO5. The molecule has 7 heteroatoms. The second kappa shape index (κ2) is 8.65. The number of benzene rings is 2. The van der Waals surface area contributed by atoms with Crippen LogP contribution in [0.1, 0.15) is 24.1 Å². The second-order valence-corrected chi connectivity index (χ2v) is 6.20. The lowest BCUT2D eigenvalue weighted by Gasteiger charge is -2.21. The molecule has 1 aliphatic rings. The van der Waals surface area contributed by atoms with Crippen LogP contribution in [0.15, 0.2) is 36.4 Å². The van der Waals surface area contributed by atoms with Crippen molar-refractivity contribution < 1.29 is 28.1 Å². The molecule has 0 saturated heterocycles. The number of hydrogen-bond acceptors (Lipinski definition) is 5. The van der Waals surface area contributed by atoms with Gasteiger partial charge in [-0.3, -0.25) is 4.79 Å². The maximum absolute atomic E-state index is 13.8. The molecule has 1 atom stereocenters. The van der Waals surface area contributed by atoms with E-state index in [0.29, 0.717) is 36.0 Å². The normalized spacial score (nSPS) is 13.9. The highest BCUT2D eigenvalue weighted by Gasteiger charge is 2.18. The zero-order chi connectivity index (χ0) is 20.1. The maximum Gasteiger partial charge on any atom is 0.244 e. The lowest BCUT2D eigenvalue weighted by Crippen LogP contribution is -2.24. The summed E-state index contributed by atoms with van der Waals surface area (Å²) in [5.74, 6) is 1.06. The summed E-state index contributed by atoms with van der Waals surface area (Å²) in [7, 11) is 2.95. The highest BCUT2D eigenvalue weighted by molar-refractivity contribution is 5.92. The summed E-state index contributed by atoms with van der Waals surface area (Å²) in [6.45, 7) is 2.70. The molecule has 0 fully saturated rings. The van der Waals surface area contributed by atoms with E-state index >= 15 is 0 Å². The van der Waals surface area contributed by atoms with Crippen molar-refractivity contribution >= 4 is 12.0 Å². The molecule has 0 bridgehead atoms. The zero-order valence-electron chi connectivity index (χ0n) is 16.0. The van der Waals surface area contributed by atoms with Gasteiger partial charge in [-0.1, -0.05) is 6.07 Å². The molecule has 148 valence electrons. The van der Waals surface area contributed by atoms with Gasteiger partial charge in [0.15, 0.2) is 23.1 Å². The van der Waals surface area contributed by atoms with E-state index in [-0.39, 0.29) is 17.7 Å². The first-order valence-corrected chi connectivity index (χ1v) is 8.81. The van der Waals surface area contributed by atoms with Gasteiger partial charge in [0, 0.05) is 6.08 Å². The topological polar surface area (TPSA) is 66.0 Å². The van der Waals surface area contributed by atoms with Gasteiger partial charge in [-0.25, -0.2) is 4.39 Å². The predicted octanol–water partition coefficient (Wildman–Crippen LogP) is 3.50. The van der Waals surface area contributed by atoms with Gasteiger partial charge in [-0.15, -0.1) is 0 Å². The molecule has 2 aromatic rings. The number of ether oxygens (including phenoxy) is 4. The molecule has 0 radical (unpaired) electrons. The van der Waals surface area contributed by atoms with Crippen LogP contribution in [0.2, 0.25) is 0 Å². The minimum Gasteiger partial charge on any atom is -0.494 e. The van der Waals surface area contributed by atoms with E-state index in [9.17, 15) is 9.18 Å². The summed E-state index contributed by atoms with van der Waals surface area (Å²) in [5.41, 5.74) is 1.38. The average Bonchev–Trinajstić information content (AvgIpc) is 2.71. The molecule has 1 aliphatic heterocycles. The van der Waals surface area contributed by atoms with Crippen LogP contribution in [-0.4, -0.2) is 33.3 Å². The third-order valence-corrected chi connectivity index (χ3v) is 4.31. The molecule has 0 aromatic heterocycles. The van der Waals surface area contributed by atoms with Gasteiger partial charge in [0.2, 0.25) is 11.7 Å². The first-order valence-electron chi connectivity index (χ1n) is 8.81. The number of amides is 1. The van der Waals surface area contributed by atoms with E-state index in [1.165, 1.54) is 25.3 Å². The molecule has 2 aromatic carbocycles. The quantitative estimate of drug-likeness (QED) is 0.769. The Morgan fingerprint density at radius 2 is 1.89 bits per heavy atom. The SMILES string of the molecule is COc1ccc([C@H](C)NC(=O)/C=C/c2cc(OC)c3c(c2)OCCO3)cc1F. The van der Waals surface area contributed by atoms with Crippen LogP contribution in [0.25, 0.3) is 6.08 Å². The van der Waals surface area contributed by atoms with Gasteiger partial charge in [0.25, 0.3) is 0 Å². The first kappa shape index (κ1) is 19.5. The molecule has 0 unspecified atom stereocenters. The highest BCUT2D eigenvalue weighted by Crippen LogP contribution is 2.40. The molecule has 1 amide bonds. The monoisotopic (exact) mass is 387 g/mol. The van der Waals surface area contributed by atoms with Crippen molar-refractivity contribution in [3.05, 3.63) is 53.4 Å². The zero-order valence-corrected chi connectivity index (χ0v) is 16.0. The predicted molar refractivity (Wildman–Crippen MR) is 103 cm³/mol. The smallest absolute Gasteiger partial charge is 0.244 e. The molecule has 28 heavy (non-hydrogen) atoms. The Kier molecular flexibility index (Phi) is 6.03. The summed E-state index contributed by atoms with van der Waals surface area (Å²) in [6, 6.07) is 7.77. The minimum absolute atomic E-state index is 0.162. The van der Waals surface area contributed by atoms with Crippen LogP contribution in [-0.2, 0) is 4.79 Å². The van der Waals surface area contributed by atoms with Crippen LogP contribution in [0.5, 0.6) is 23.0 Å². The maximum atomic E-state index is 13.8. The number of carbonyl (C=O) groups is 1. The number of fused-ring (bicyclic) bond motifs is 1. The summed E-state index contributed by atoms with van der Waals surface area (Å²) in [5, 5.41) is 2.80.